The lowest BCUT2D eigenvalue weighted by Crippen LogP contribution is -2.42. The summed E-state index contributed by atoms with van der Waals surface area (Å²) >= 11 is 0. The van der Waals surface area contributed by atoms with Gasteiger partial charge in [0.25, 0.3) is 0 Å². The van der Waals surface area contributed by atoms with E-state index in [2.05, 4.69) is 16.0 Å². The van der Waals surface area contributed by atoms with Crippen LogP contribution in [-0.4, -0.2) is 37.5 Å². The number of nitrogens with one attached hydrogen (secondary N) is 3. The Kier molecular flexibility index (Phi) is 5.63. The van der Waals surface area contributed by atoms with Gasteiger partial charge in [0.05, 0.1) is 6.54 Å². The molecular formula is C14H25N3O2. The van der Waals surface area contributed by atoms with Crippen molar-refractivity contribution in [2.24, 2.45) is 5.92 Å². The topological polar surface area (TPSA) is 70.2 Å². The van der Waals surface area contributed by atoms with Crippen LogP contribution < -0.4 is 16.0 Å². The van der Waals surface area contributed by atoms with Crippen molar-refractivity contribution in [1.82, 2.24) is 16.0 Å². The van der Waals surface area contributed by atoms with E-state index in [0.717, 1.165) is 31.8 Å². The van der Waals surface area contributed by atoms with Crippen molar-refractivity contribution in [3.05, 3.63) is 0 Å². The van der Waals surface area contributed by atoms with Crippen molar-refractivity contribution < 1.29 is 9.59 Å². The molecule has 1 atom stereocenters. The van der Waals surface area contributed by atoms with Gasteiger partial charge < -0.3 is 16.0 Å². The Balaban J connectivity index is 1.53. The molecule has 0 bridgehead atoms. The van der Waals surface area contributed by atoms with Gasteiger partial charge in [0.15, 0.2) is 0 Å². The molecule has 2 amide bonds. The highest BCUT2D eigenvalue weighted by Crippen LogP contribution is 2.28. The second kappa shape index (κ2) is 7.48. The smallest absolute Gasteiger partial charge is 0.239 e. The molecule has 3 N–H and O–H groups in total. The quantitative estimate of drug-likeness (QED) is 0.658. The van der Waals surface area contributed by atoms with Crippen molar-refractivity contribution in [3.63, 3.8) is 0 Å². The summed E-state index contributed by atoms with van der Waals surface area (Å²) in [5, 5.41) is 8.82. The summed E-state index contributed by atoms with van der Waals surface area (Å²) in [4.78, 5) is 23.2. The van der Waals surface area contributed by atoms with Crippen LogP contribution in [0, 0.1) is 5.92 Å². The number of rotatable bonds is 6. The number of amides is 2. The first-order valence-corrected chi connectivity index (χ1v) is 7.51. The zero-order chi connectivity index (χ0) is 13.5. The average Bonchev–Trinajstić information content (AvgIpc) is 3.06. The molecule has 1 heterocycles. The average molecular weight is 267 g/mol. The van der Waals surface area contributed by atoms with Gasteiger partial charge in [-0.15, -0.1) is 0 Å². The zero-order valence-electron chi connectivity index (χ0n) is 11.5. The van der Waals surface area contributed by atoms with Crippen molar-refractivity contribution in [3.8, 4) is 0 Å². The molecule has 0 aromatic carbocycles. The first kappa shape index (κ1) is 14.3. The number of hydrogen-bond acceptors (Lipinski definition) is 3. The van der Waals surface area contributed by atoms with Crippen LogP contribution in [0.3, 0.4) is 0 Å². The molecule has 0 aromatic heterocycles. The SMILES string of the molecule is O=C(CCC1CCCC1)NCC(=O)NC1CCNC1. The van der Waals surface area contributed by atoms with Gasteiger partial charge in [-0.05, 0) is 25.3 Å². The summed E-state index contributed by atoms with van der Waals surface area (Å²) in [5.74, 6) is 0.652. The van der Waals surface area contributed by atoms with E-state index in [1.165, 1.54) is 25.7 Å². The second-order valence-electron chi connectivity index (χ2n) is 5.72. The maximum absolute atomic E-state index is 11.6. The van der Waals surface area contributed by atoms with Gasteiger partial charge >= 0.3 is 0 Å². The van der Waals surface area contributed by atoms with E-state index < -0.39 is 0 Å². The summed E-state index contributed by atoms with van der Waals surface area (Å²) in [6, 6.07) is 0.225. The lowest BCUT2D eigenvalue weighted by molar-refractivity contribution is -0.126. The van der Waals surface area contributed by atoms with Crippen molar-refractivity contribution in [1.29, 1.82) is 0 Å². The monoisotopic (exact) mass is 267 g/mol. The van der Waals surface area contributed by atoms with Gasteiger partial charge in [-0.2, -0.15) is 0 Å². The molecule has 0 radical (unpaired) electrons. The molecule has 19 heavy (non-hydrogen) atoms. The van der Waals surface area contributed by atoms with E-state index in [4.69, 9.17) is 0 Å². The molecule has 5 nitrogen and oxygen atoms in total. The van der Waals surface area contributed by atoms with Crippen LogP contribution in [0.25, 0.3) is 0 Å². The van der Waals surface area contributed by atoms with Crippen LogP contribution in [0.5, 0.6) is 0 Å². The van der Waals surface area contributed by atoms with E-state index in [9.17, 15) is 9.59 Å². The van der Waals surface area contributed by atoms with Crippen molar-refractivity contribution in [2.75, 3.05) is 19.6 Å². The van der Waals surface area contributed by atoms with Gasteiger partial charge in [0.2, 0.25) is 11.8 Å². The Hall–Kier alpha value is -1.10. The molecule has 108 valence electrons. The van der Waals surface area contributed by atoms with Crippen LogP contribution in [0.15, 0.2) is 0 Å². The molecule has 2 rings (SSSR count). The molecule has 1 aliphatic heterocycles. The van der Waals surface area contributed by atoms with Gasteiger partial charge in [0, 0.05) is 19.0 Å². The van der Waals surface area contributed by atoms with E-state index >= 15 is 0 Å². The Bertz CT molecular complexity index is 308. The van der Waals surface area contributed by atoms with Crippen LogP contribution >= 0.6 is 0 Å². The first-order chi connectivity index (χ1) is 9.24. The Morgan fingerprint density at radius 2 is 1.89 bits per heavy atom. The minimum atomic E-state index is -0.0806. The molecule has 5 heteroatoms. The molecular weight excluding hydrogens is 242 g/mol. The molecule has 0 spiro atoms. The van der Waals surface area contributed by atoms with E-state index in [1.807, 2.05) is 0 Å². The van der Waals surface area contributed by atoms with Crippen LogP contribution in [0.2, 0.25) is 0 Å². The fraction of sp³-hybridized carbons (Fsp3) is 0.857. The highest BCUT2D eigenvalue weighted by Gasteiger charge is 2.18. The van der Waals surface area contributed by atoms with Gasteiger partial charge in [-0.25, -0.2) is 0 Å². The number of hydrogen-bond donors (Lipinski definition) is 3. The number of carbonyl (C=O) groups is 2. The van der Waals surface area contributed by atoms with Crippen LogP contribution in [0.4, 0.5) is 0 Å². The van der Waals surface area contributed by atoms with Gasteiger partial charge in [-0.1, -0.05) is 25.7 Å². The Morgan fingerprint density at radius 3 is 2.58 bits per heavy atom. The summed E-state index contributed by atoms with van der Waals surface area (Å²) in [5.41, 5.74) is 0. The standard InChI is InChI=1S/C14H25N3O2/c18-13(6-5-11-3-1-2-4-11)16-10-14(19)17-12-7-8-15-9-12/h11-12,15H,1-10H2,(H,16,18)(H,17,19). The molecule has 0 aromatic rings. The van der Waals surface area contributed by atoms with E-state index in [1.54, 1.807) is 0 Å². The molecule has 1 saturated carbocycles. The summed E-state index contributed by atoms with van der Waals surface area (Å²) in [6.07, 6.45) is 7.66. The number of carbonyl (C=O) groups excluding carboxylic acids is 2. The largest absolute Gasteiger partial charge is 0.351 e. The fourth-order valence-electron chi connectivity index (χ4n) is 2.96. The molecule has 1 unspecified atom stereocenters. The maximum Gasteiger partial charge on any atom is 0.239 e. The normalized spacial score (nSPS) is 23.5. The first-order valence-electron chi connectivity index (χ1n) is 7.51. The highest BCUT2D eigenvalue weighted by atomic mass is 16.2. The van der Waals surface area contributed by atoms with E-state index in [-0.39, 0.29) is 24.4 Å². The summed E-state index contributed by atoms with van der Waals surface area (Å²) < 4.78 is 0. The summed E-state index contributed by atoms with van der Waals surface area (Å²) in [7, 11) is 0. The van der Waals surface area contributed by atoms with Crippen molar-refractivity contribution >= 4 is 11.8 Å². The van der Waals surface area contributed by atoms with Gasteiger partial charge in [0.1, 0.15) is 0 Å². The Morgan fingerprint density at radius 1 is 1.11 bits per heavy atom. The van der Waals surface area contributed by atoms with E-state index in [0.29, 0.717) is 6.42 Å². The molecule has 1 aliphatic carbocycles. The third kappa shape index (κ3) is 5.19. The van der Waals surface area contributed by atoms with Crippen LogP contribution in [0.1, 0.15) is 44.9 Å². The molecule has 2 fully saturated rings. The third-order valence-electron chi connectivity index (χ3n) is 4.13. The van der Waals surface area contributed by atoms with Gasteiger partial charge in [-0.3, -0.25) is 9.59 Å². The minimum absolute atomic E-state index is 0.00611. The summed E-state index contributed by atoms with van der Waals surface area (Å²) in [6.45, 7) is 1.90. The highest BCUT2D eigenvalue weighted by molar-refractivity contribution is 5.84. The predicted molar refractivity (Wildman–Crippen MR) is 73.6 cm³/mol. The minimum Gasteiger partial charge on any atom is -0.351 e. The predicted octanol–water partition coefficient (Wildman–Crippen LogP) is 0.551. The molecule has 2 aliphatic rings. The maximum atomic E-state index is 11.6. The van der Waals surface area contributed by atoms with Crippen LogP contribution in [-0.2, 0) is 9.59 Å². The lowest BCUT2D eigenvalue weighted by atomic mass is 10.0. The second-order valence-corrected chi connectivity index (χ2v) is 5.72. The zero-order valence-corrected chi connectivity index (χ0v) is 11.5. The fourth-order valence-corrected chi connectivity index (χ4v) is 2.96. The van der Waals surface area contributed by atoms with Crippen molar-refractivity contribution in [2.45, 2.75) is 51.0 Å². The third-order valence-corrected chi connectivity index (χ3v) is 4.13. The molecule has 1 saturated heterocycles. The Labute approximate surface area is 114 Å². The lowest BCUT2D eigenvalue weighted by Gasteiger charge is -2.12.